The summed E-state index contributed by atoms with van der Waals surface area (Å²) in [5.74, 6) is 2.14. The van der Waals surface area contributed by atoms with Gasteiger partial charge in [0.15, 0.2) is 0 Å². The lowest BCUT2D eigenvalue weighted by molar-refractivity contribution is -0.0930. The summed E-state index contributed by atoms with van der Waals surface area (Å²) >= 11 is 0. The molecule has 2 unspecified atom stereocenters. The van der Waals surface area contributed by atoms with Crippen LogP contribution >= 0.6 is 0 Å². The minimum atomic E-state index is -0.546. The van der Waals surface area contributed by atoms with E-state index in [0.29, 0.717) is 5.92 Å². The second-order valence-corrected chi connectivity index (χ2v) is 8.20. The molecule has 0 aliphatic heterocycles. The first kappa shape index (κ1) is 17.0. The molecule has 1 aromatic carbocycles. The fourth-order valence-corrected chi connectivity index (χ4v) is 4.65. The normalized spacial score (nSPS) is 34.1. The van der Waals surface area contributed by atoms with Crippen molar-refractivity contribution in [3.05, 3.63) is 35.4 Å². The summed E-state index contributed by atoms with van der Waals surface area (Å²) in [4.78, 5) is 0. The van der Waals surface area contributed by atoms with E-state index in [4.69, 9.17) is 0 Å². The lowest BCUT2D eigenvalue weighted by atomic mass is 9.66. The molecule has 0 bridgehead atoms. The quantitative estimate of drug-likeness (QED) is 0.624. The molecule has 1 heteroatoms. The van der Waals surface area contributed by atoms with Gasteiger partial charge in [-0.1, -0.05) is 63.8 Å². The fourth-order valence-electron chi connectivity index (χ4n) is 4.65. The molecule has 0 heterocycles. The fraction of sp³-hybridized carbons (Fsp3) is 0.727. The Labute approximate surface area is 142 Å². The Hall–Kier alpha value is -0.820. The van der Waals surface area contributed by atoms with Crippen LogP contribution in [0.5, 0.6) is 0 Å². The molecule has 1 N–H and O–H groups in total. The van der Waals surface area contributed by atoms with Gasteiger partial charge in [0.25, 0.3) is 0 Å². The van der Waals surface area contributed by atoms with Crippen LogP contribution in [0.25, 0.3) is 0 Å². The van der Waals surface area contributed by atoms with E-state index < -0.39 is 5.60 Å². The summed E-state index contributed by atoms with van der Waals surface area (Å²) in [6, 6.07) is 8.97. The molecule has 0 spiro atoms. The van der Waals surface area contributed by atoms with Gasteiger partial charge >= 0.3 is 0 Å². The van der Waals surface area contributed by atoms with Gasteiger partial charge in [-0.05, 0) is 67.4 Å². The molecule has 3 rings (SSSR count). The van der Waals surface area contributed by atoms with Crippen molar-refractivity contribution in [1.29, 1.82) is 0 Å². The number of rotatable bonds is 6. The van der Waals surface area contributed by atoms with Crippen molar-refractivity contribution in [2.45, 2.75) is 89.6 Å². The first-order valence-electron chi connectivity index (χ1n) is 9.96. The second kappa shape index (κ2) is 7.38. The van der Waals surface area contributed by atoms with Crippen LogP contribution in [0.2, 0.25) is 0 Å². The molecule has 2 atom stereocenters. The Bertz CT molecular complexity index is 483. The predicted molar refractivity (Wildman–Crippen MR) is 97.6 cm³/mol. The van der Waals surface area contributed by atoms with Crippen LogP contribution in [-0.4, -0.2) is 5.11 Å². The predicted octanol–water partition coefficient (Wildman–Crippen LogP) is 6.16. The third-order valence-electron chi connectivity index (χ3n) is 6.72. The second-order valence-electron chi connectivity index (χ2n) is 8.20. The number of hydrogen-bond donors (Lipinski definition) is 1. The van der Waals surface area contributed by atoms with E-state index >= 15 is 0 Å². The van der Waals surface area contributed by atoms with E-state index in [0.717, 1.165) is 30.2 Å². The third-order valence-corrected chi connectivity index (χ3v) is 6.72. The van der Waals surface area contributed by atoms with Gasteiger partial charge in [0.2, 0.25) is 0 Å². The summed E-state index contributed by atoms with van der Waals surface area (Å²) in [6.07, 6.45) is 13.2. The average Bonchev–Trinajstić information content (AvgIpc) is 2.61. The Balaban J connectivity index is 1.53. The summed E-state index contributed by atoms with van der Waals surface area (Å²) in [5, 5.41) is 10.7. The van der Waals surface area contributed by atoms with Gasteiger partial charge in [-0.2, -0.15) is 0 Å². The van der Waals surface area contributed by atoms with Gasteiger partial charge in [0, 0.05) is 0 Å². The van der Waals surface area contributed by atoms with Crippen molar-refractivity contribution in [2.75, 3.05) is 0 Å². The summed E-state index contributed by atoms with van der Waals surface area (Å²) < 4.78 is 0. The maximum Gasteiger partial charge on any atom is 0.0922 e. The monoisotopic (exact) mass is 314 g/mol. The lowest BCUT2D eigenvalue weighted by Crippen LogP contribution is -2.42. The molecule has 0 amide bonds. The van der Waals surface area contributed by atoms with E-state index in [-0.39, 0.29) is 0 Å². The highest BCUT2D eigenvalue weighted by Gasteiger charge is 2.43. The van der Waals surface area contributed by atoms with Crippen molar-refractivity contribution in [3.63, 3.8) is 0 Å². The van der Waals surface area contributed by atoms with Crippen molar-refractivity contribution in [1.82, 2.24) is 0 Å². The zero-order valence-electron chi connectivity index (χ0n) is 15.1. The van der Waals surface area contributed by atoms with E-state index in [1.54, 1.807) is 0 Å². The van der Waals surface area contributed by atoms with Crippen LogP contribution in [0, 0.1) is 11.8 Å². The molecule has 2 aliphatic rings. The number of benzene rings is 1. The molecule has 2 aliphatic carbocycles. The summed E-state index contributed by atoms with van der Waals surface area (Å²) in [5.41, 5.74) is 2.08. The Morgan fingerprint density at radius 1 is 1.00 bits per heavy atom. The molecule has 0 aromatic heterocycles. The Kier molecular flexibility index (Phi) is 5.46. The van der Waals surface area contributed by atoms with Crippen molar-refractivity contribution >= 4 is 0 Å². The highest BCUT2D eigenvalue weighted by atomic mass is 16.3. The van der Waals surface area contributed by atoms with Gasteiger partial charge in [-0.3, -0.25) is 0 Å². The maximum atomic E-state index is 10.7. The molecule has 2 fully saturated rings. The molecular weight excluding hydrogens is 280 g/mol. The third kappa shape index (κ3) is 3.65. The van der Waals surface area contributed by atoms with E-state index in [1.807, 2.05) is 0 Å². The SMILES string of the molecule is CCCCCC1CCC(c2ccc(C3(O)CCC3C)cc2)CC1. The molecule has 1 aromatic rings. The van der Waals surface area contributed by atoms with Gasteiger partial charge in [0.1, 0.15) is 0 Å². The van der Waals surface area contributed by atoms with Crippen LogP contribution in [0.1, 0.15) is 95.1 Å². The highest BCUT2D eigenvalue weighted by molar-refractivity contribution is 5.31. The first-order chi connectivity index (χ1) is 11.1. The van der Waals surface area contributed by atoms with Gasteiger partial charge in [0.05, 0.1) is 5.60 Å². The topological polar surface area (TPSA) is 20.2 Å². The van der Waals surface area contributed by atoms with Crippen molar-refractivity contribution in [3.8, 4) is 0 Å². The molecular formula is C22H34O. The minimum absolute atomic E-state index is 0.409. The van der Waals surface area contributed by atoms with Gasteiger partial charge in [-0.15, -0.1) is 0 Å². The Morgan fingerprint density at radius 2 is 1.70 bits per heavy atom. The number of aliphatic hydroxyl groups is 1. The Morgan fingerprint density at radius 3 is 2.22 bits per heavy atom. The zero-order chi connectivity index (χ0) is 16.3. The molecule has 23 heavy (non-hydrogen) atoms. The number of hydrogen-bond acceptors (Lipinski definition) is 1. The highest BCUT2D eigenvalue weighted by Crippen LogP contribution is 2.46. The molecule has 1 nitrogen and oxygen atoms in total. The van der Waals surface area contributed by atoms with Crippen LogP contribution in [-0.2, 0) is 5.60 Å². The molecule has 2 saturated carbocycles. The first-order valence-corrected chi connectivity index (χ1v) is 9.96. The van der Waals surface area contributed by atoms with E-state index in [2.05, 4.69) is 38.1 Å². The maximum absolute atomic E-state index is 10.7. The average molecular weight is 315 g/mol. The van der Waals surface area contributed by atoms with Crippen LogP contribution in [0.4, 0.5) is 0 Å². The van der Waals surface area contributed by atoms with Crippen molar-refractivity contribution in [2.24, 2.45) is 11.8 Å². The molecule has 128 valence electrons. The van der Waals surface area contributed by atoms with Crippen LogP contribution < -0.4 is 0 Å². The molecule has 0 radical (unpaired) electrons. The minimum Gasteiger partial charge on any atom is -0.385 e. The van der Waals surface area contributed by atoms with E-state index in [1.165, 1.54) is 56.9 Å². The van der Waals surface area contributed by atoms with Gasteiger partial charge in [-0.25, -0.2) is 0 Å². The molecule has 0 saturated heterocycles. The number of unbranched alkanes of at least 4 members (excludes halogenated alkanes) is 2. The van der Waals surface area contributed by atoms with Crippen LogP contribution in [0.3, 0.4) is 0 Å². The summed E-state index contributed by atoms with van der Waals surface area (Å²) in [7, 11) is 0. The van der Waals surface area contributed by atoms with Gasteiger partial charge < -0.3 is 5.11 Å². The summed E-state index contributed by atoms with van der Waals surface area (Å²) in [6.45, 7) is 4.46. The smallest absolute Gasteiger partial charge is 0.0922 e. The van der Waals surface area contributed by atoms with Crippen molar-refractivity contribution < 1.29 is 5.11 Å². The standard InChI is InChI=1S/C22H34O/c1-3-4-5-6-18-7-9-19(10-8-18)20-11-13-21(14-12-20)22(23)16-15-17(22)2/h11-14,17-19,23H,3-10,15-16H2,1-2H3. The lowest BCUT2D eigenvalue weighted by Gasteiger charge is -2.44. The largest absolute Gasteiger partial charge is 0.385 e. The van der Waals surface area contributed by atoms with E-state index in [9.17, 15) is 5.11 Å². The zero-order valence-corrected chi connectivity index (χ0v) is 15.1. The van der Waals surface area contributed by atoms with Crippen LogP contribution in [0.15, 0.2) is 24.3 Å².